The Morgan fingerprint density at radius 1 is 1.06 bits per heavy atom. The Bertz CT molecular complexity index is 513. The molecule has 2 rings (SSSR count). The van der Waals surface area contributed by atoms with E-state index in [1.54, 1.807) is 24.3 Å². The van der Waals surface area contributed by atoms with Crippen LogP contribution < -0.4 is 5.32 Å². The summed E-state index contributed by atoms with van der Waals surface area (Å²) in [5.74, 6) is 0.111. The molecule has 0 saturated carbocycles. The maximum Gasteiger partial charge on any atom is 0.126 e. The summed E-state index contributed by atoms with van der Waals surface area (Å²) in [7, 11) is 0. The minimum absolute atomic E-state index is 0.156. The lowest BCUT2D eigenvalue weighted by Crippen LogP contribution is -2.17. The summed E-state index contributed by atoms with van der Waals surface area (Å²) in [6.45, 7) is 1.37. The van der Waals surface area contributed by atoms with Crippen molar-refractivity contribution in [3.8, 4) is 5.75 Å². The van der Waals surface area contributed by atoms with Gasteiger partial charge < -0.3 is 10.4 Å². The molecule has 0 aliphatic heterocycles. The first-order chi connectivity index (χ1) is 8.75. The van der Waals surface area contributed by atoms with Gasteiger partial charge in [0.15, 0.2) is 0 Å². The summed E-state index contributed by atoms with van der Waals surface area (Å²) in [6, 6.07) is 13.9. The normalized spacial score (nSPS) is 10.5. The molecular weight excluding hydrogens is 229 g/mol. The van der Waals surface area contributed by atoms with Gasteiger partial charge in [-0.05, 0) is 42.3 Å². The predicted octanol–water partition coefficient (Wildman–Crippen LogP) is 2.86. The van der Waals surface area contributed by atoms with Gasteiger partial charge in [0.1, 0.15) is 11.6 Å². The zero-order valence-electron chi connectivity index (χ0n) is 10.1. The smallest absolute Gasteiger partial charge is 0.126 e. The van der Waals surface area contributed by atoms with Crippen molar-refractivity contribution in [2.24, 2.45) is 0 Å². The van der Waals surface area contributed by atoms with E-state index in [0.29, 0.717) is 19.5 Å². The Hall–Kier alpha value is -1.87. The first kappa shape index (κ1) is 12.6. The van der Waals surface area contributed by atoms with E-state index >= 15 is 0 Å². The Labute approximate surface area is 106 Å². The van der Waals surface area contributed by atoms with Gasteiger partial charge in [-0.1, -0.05) is 30.3 Å². The van der Waals surface area contributed by atoms with Gasteiger partial charge in [-0.3, -0.25) is 0 Å². The summed E-state index contributed by atoms with van der Waals surface area (Å²) >= 11 is 0. The Morgan fingerprint density at radius 3 is 2.67 bits per heavy atom. The largest absolute Gasteiger partial charge is 0.508 e. The second-order valence-electron chi connectivity index (χ2n) is 4.19. The standard InChI is InChI=1S/C15H16FNO/c16-15-7-2-1-5-13(15)8-9-17-11-12-4-3-6-14(18)10-12/h1-7,10,17-18H,8-9,11H2. The molecule has 0 aromatic heterocycles. The molecule has 2 nitrogen and oxygen atoms in total. The number of benzene rings is 2. The van der Waals surface area contributed by atoms with E-state index in [1.807, 2.05) is 18.2 Å². The third kappa shape index (κ3) is 3.57. The number of hydrogen-bond acceptors (Lipinski definition) is 2. The van der Waals surface area contributed by atoms with Crippen LogP contribution in [-0.2, 0) is 13.0 Å². The van der Waals surface area contributed by atoms with Crippen LogP contribution in [0.2, 0.25) is 0 Å². The maximum absolute atomic E-state index is 13.3. The second kappa shape index (κ2) is 6.17. The molecule has 0 atom stereocenters. The Kier molecular flexibility index (Phi) is 4.31. The van der Waals surface area contributed by atoms with Gasteiger partial charge in [0.2, 0.25) is 0 Å². The van der Waals surface area contributed by atoms with Crippen LogP contribution >= 0.6 is 0 Å². The zero-order valence-corrected chi connectivity index (χ0v) is 10.1. The summed E-state index contributed by atoms with van der Waals surface area (Å²) in [6.07, 6.45) is 0.658. The fraction of sp³-hybridized carbons (Fsp3) is 0.200. The number of phenolic OH excluding ortho intramolecular Hbond substituents is 1. The van der Waals surface area contributed by atoms with Crippen LogP contribution in [-0.4, -0.2) is 11.7 Å². The molecule has 2 N–H and O–H groups in total. The molecule has 2 aromatic rings. The average molecular weight is 245 g/mol. The molecule has 94 valence electrons. The van der Waals surface area contributed by atoms with E-state index in [2.05, 4.69) is 5.32 Å². The highest BCUT2D eigenvalue weighted by atomic mass is 19.1. The first-order valence-corrected chi connectivity index (χ1v) is 5.98. The summed E-state index contributed by atoms with van der Waals surface area (Å²) in [5, 5.41) is 12.5. The van der Waals surface area contributed by atoms with Crippen molar-refractivity contribution in [2.45, 2.75) is 13.0 Å². The topological polar surface area (TPSA) is 32.3 Å². The van der Waals surface area contributed by atoms with E-state index in [0.717, 1.165) is 11.1 Å². The Balaban J connectivity index is 1.78. The maximum atomic E-state index is 13.3. The van der Waals surface area contributed by atoms with Crippen LogP contribution in [0.15, 0.2) is 48.5 Å². The van der Waals surface area contributed by atoms with Crippen LogP contribution in [0, 0.1) is 5.82 Å². The van der Waals surface area contributed by atoms with E-state index in [-0.39, 0.29) is 11.6 Å². The predicted molar refractivity (Wildman–Crippen MR) is 69.9 cm³/mol. The third-order valence-corrected chi connectivity index (χ3v) is 2.77. The molecule has 2 aromatic carbocycles. The van der Waals surface area contributed by atoms with Gasteiger partial charge in [0, 0.05) is 6.54 Å². The van der Waals surface area contributed by atoms with Crippen molar-refractivity contribution < 1.29 is 9.50 Å². The molecule has 0 amide bonds. The molecule has 0 spiro atoms. The Morgan fingerprint density at radius 2 is 1.89 bits per heavy atom. The molecule has 0 saturated heterocycles. The van der Waals surface area contributed by atoms with Crippen molar-refractivity contribution >= 4 is 0 Å². The van der Waals surface area contributed by atoms with Crippen LogP contribution in [0.3, 0.4) is 0 Å². The quantitative estimate of drug-likeness (QED) is 0.794. The summed E-state index contributed by atoms with van der Waals surface area (Å²) < 4.78 is 13.3. The fourth-order valence-electron chi connectivity index (χ4n) is 1.82. The molecule has 0 fully saturated rings. The number of rotatable bonds is 5. The molecule has 18 heavy (non-hydrogen) atoms. The van der Waals surface area contributed by atoms with E-state index in [4.69, 9.17) is 0 Å². The molecule has 3 heteroatoms. The average Bonchev–Trinajstić information content (AvgIpc) is 2.37. The summed E-state index contributed by atoms with van der Waals surface area (Å²) in [4.78, 5) is 0. The summed E-state index contributed by atoms with van der Waals surface area (Å²) in [5.41, 5.74) is 1.74. The lowest BCUT2D eigenvalue weighted by Gasteiger charge is -2.06. The van der Waals surface area contributed by atoms with Gasteiger partial charge >= 0.3 is 0 Å². The highest BCUT2D eigenvalue weighted by molar-refractivity contribution is 5.27. The molecule has 0 unspecified atom stereocenters. The number of hydrogen-bond donors (Lipinski definition) is 2. The van der Waals surface area contributed by atoms with Crippen LogP contribution in [0.25, 0.3) is 0 Å². The zero-order chi connectivity index (χ0) is 12.8. The van der Waals surface area contributed by atoms with Crippen molar-refractivity contribution in [3.05, 3.63) is 65.5 Å². The van der Waals surface area contributed by atoms with Crippen LogP contribution in [0.4, 0.5) is 4.39 Å². The number of phenols is 1. The second-order valence-corrected chi connectivity index (χ2v) is 4.19. The van der Waals surface area contributed by atoms with Gasteiger partial charge in [0.25, 0.3) is 0 Å². The minimum Gasteiger partial charge on any atom is -0.508 e. The van der Waals surface area contributed by atoms with Gasteiger partial charge in [-0.2, -0.15) is 0 Å². The van der Waals surface area contributed by atoms with Gasteiger partial charge in [-0.15, -0.1) is 0 Å². The molecule has 0 radical (unpaired) electrons. The van der Waals surface area contributed by atoms with E-state index in [9.17, 15) is 9.50 Å². The van der Waals surface area contributed by atoms with Crippen LogP contribution in [0.5, 0.6) is 5.75 Å². The van der Waals surface area contributed by atoms with Crippen molar-refractivity contribution in [1.82, 2.24) is 5.32 Å². The first-order valence-electron chi connectivity index (χ1n) is 5.98. The highest BCUT2D eigenvalue weighted by Crippen LogP contribution is 2.10. The lowest BCUT2D eigenvalue weighted by molar-refractivity contribution is 0.474. The van der Waals surface area contributed by atoms with Gasteiger partial charge in [-0.25, -0.2) is 4.39 Å². The van der Waals surface area contributed by atoms with Gasteiger partial charge in [0.05, 0.1) is 0 Å². The fourth-order valence-corrected chi connectivity index (χ4v) is 1.82. The number of nitrogens with one attached hydrogen (secondary N) is 1. The van der Waals surface area contributed by atoms with E-state index in [1.165, 1.54) is 6.07 Å². The lowest BCUT2D eigenvalue weighted by atomic mass is 10.1. The molecule has 0 aliphatic rings. The molecule has 0 heterocycles. The monoisotopic (exact) mass is 245 g/mol. The van der Waals surface area contributed by atoms with Crippen molar-refractivity contribution in [1.29, 1.82) is 0 Å². The van der Waals surface area contributed by atoms with Crippen molar-refractivity contribution in [3.63, 3.8) is 0 Å². The molecular formula is C15H16FNO. The SMILES string of the molecule is Oc1cccc(CNCCc2ccccc2F)c1. The molecule has 0 bridgehead atoms. The number of aromatic hydroxyl groups is 1. The van der Waals surface area contributed by atoms with Crippen LogP contribution in [0.1, 0.15) is 11.1 Å². The third-order valence-electron chi connectivity index (χ3n) is 2.77. The van der Waals surface area contributed by atoms with Crippen molar-refractivity contribution in [2.75, 3.05) is 6.54 Å². The number of halogens is 1. The molecule has 0 aliphatic carbocycles. The van der Waals surface area contributed by atoms with E-state index < -0.39 is 0 Å². The minimum atomic E-state index is -0.156. The highest BCUT2D eigenvalue weighted by Gasteiger charge is 2.00.